The van der Waals surface area contributed by atoms with Crippen LogP contribution in [0.1, 0.15) is 19.4 Å². The van der Waals surface area contributed by atoms with Crippen LogP contribution in [-0.4, -0.2) is 74.9 Å². The summed E-state index contributed by atoms with van der Waals surface area (Å²) in [6.07, 6.45) is -0.0988. The number of thioether (sulfide) groups is 2. The minimum atomic E-state index is -0.994. The van der Waals surface area contributed by atoms with E-state index in [1.807, 2.05) is 12.1 Å². The van der Waals surface area contributed by atoms with Crippen molar-refractivity contribution in [2.75, 3.05) is 32.0 Å². The lowest BCUT2D eigenvalue weighted by atomic mass is 10.2. The van der Waals surface area contributed by atoms with Crippen LogP contribution in [0.5, 0.6) is 0 Å². The Labute approximate surface area is 214 Å². The molecule has 2 heterocycles. The standard InChI is InChI=1S/C20H24Cl2N4O4S3/c1-20(2,17(28)29)33-19-25-24-18(32-19)31-11-16(27)23-8-13-10-26(5-6-30-13)9-12-3-4-14(21)15(22)7-12/h3-4,7,13H,5-6,8-11H2,1-2H3,(H,23,27)(H,28,29)/t13-/m0/s1. The number of nitrogens with zero attached hydrogens (tertiary/aromatic N) is 3. The first kappa shape index (κ1) is 26.5. The highest BCUT2D eigenvalue weighted by Gasteiger charge is 2.30. The van der Waals surface area contributed by atoms with Crippen LogP contribution >= 0.6 is 58.1 Å². The highest BCUT2D eigenvalue weighted by Crippen LogP contribution is 2.36. The molecule has 2 N–H and O–H groups in total. The van der Waals surface area contributed by atoms with Crippen molar-refractivity contribution in [2.24, 2.45) is 0 Å². The molecule has 0 bridgehead atoms. The average molecular weight is 552 g/mol. The Morgan fingerprint density at radius 3 is 2.79 bits per heavy atom. The number of aliphatic carboxylic acids is 1. The van der Waals surface area contributed by atoms with E-state index in [4.69, 9.17) is 27.9 Å². The third-order valence-corrected chi connectivity index (χ3v) is 8.74. The second kappa shape index (κ2) is 12.1. The summed E-state index contributed by atoms with van der Waals surface area (Å²) >= 11 is 15.8. The van der Waals surface area contributed by atoms with Gasteiger partial charge in [0, 0.05) is 26.2 Å². The largest absolute Gasteiger partial charge is 0.480 e. The Balaban J connectivity index is 1.40. The van der Waals surface area contributed by atoms with E-state index in [9.17, 15) is 14.7 Å². The molecule has 13 heteroatoms. The molecule has 0 unspecified atom stereocenters. The predicted molar refractivity (Wildman–Crippen MR) is 133 cm³/mol. The van der Waals surface area contributed by atoms with Crippen LogP contribution in [0.3, 0.4) is 0 Å². The summed E-state index contributed by atoms with van der Waals surface area (Å²) in [5.41, 5.74) is 1.08. The maximum absolute atomic E-state index is 12.3. The van der Waals surface area contributed by atoms with Crippen LogP contribution in [0.4, 0.5) is 0 Å². The molecule has 1 fully saturated rings. The van der Waals surface area contributed by atoms with E-state index in [0.29, 0.717) is 38.4 Å². The van der Waals surface area contributed by atoms with Crippen molar-refractivity contribution in [2.45, 2.75) is 39.9 Å². The van der Waals surface area contributed by atoms with Crippen LogP contribution in [0.25, 0.3) is 0 Å². The second-order valence-electron chi connectivity index (χ2n) is 7.82. The van der Waals surface area contributed by atoms with Gasteiger partial charge in [-0.25, -0.2) is 0 Å². The molecule has 1 aromatic heterocycles. The molecular weight excluding hydrogens is 527 g/mol. The smallest absolute Gasteiger partial charge is 0.319 e. The minimum Gasteiger partial charge on any atom is -0.480 e. The first-order valence-electron chi connectivity index (χ1n) is 10.1. The van der Waals surface area contributed by atoms with E-state index in [1.165, 1.54) is 23.1 Å². The van der Waals surface area contributed by atoms with Gasteiger partial charge in [0.05, 0.1) is 28.5 Å². The summed E-state index contributed by atoms with van der Waals surface area (Å²) in [5, 5.41) is 21.2. The van der Waals surface area contributed by atoms with E-state index in [1.54, 1.807) is 19.9 Å². The number of nitrogens with one attached hydrogen (secondary N) is 1. The molecule has 1 aliphatic heterocycles. The molecule has 0 radical (unpaired) electrons. The summed E-state index contributed by atoms with van der Waals surface area (Å²) in [5.74, 6) is -0.848. The molecular formula is C20H24Cl2N4O4S3. The quantitative estimate of drug-likeness (QED) is 0.426. The van der Waals surface area contributed by atoms with Crippen LogP contribution in [0.2, 0.25) is 10.0 Å². The predicted octanol–water partition coefficient (Wildman–Crippen LogP) is 3.91. The van der Waals surface area contributed by atoms with Crippen molar-refractivity contribution < 1.29 is 19.4 Å². The maximum atomic E-state index is 12.3. The fraction of sp³-hybridized carbons (Fsp3) is 0.500. The van der Waals surface area contributed by atoms with Gasteiger partial charge in [-0.3, -0.25) is 14.5 Å². The van der Waals surface area contributed by atoms with Crippen molar-refractivity contribution in [1.82, 2.24) is 20.4 Å². The number of hydrogen-bond acceptors (Lipinski definition) is 9. The molecule has 33 heavy (non-hydrogen) atoms. The molecule has 3 rings (SSSR count). The van der Waals surface area contributed by atoms with Gasteiger partial charge in [0.15, 0.2) is 8.68 Å². The van der Waals surface area contributed by atoms with Gasteiger partial charge >= 0.3 is 5.97 Å². The van der Waals surface area contributed by atoms with Crippen molar-refractivity contribution >= 4 is 69.9 Å². The summed E-state index contributed by atoms with van der Waals surface area (Å²) < 4.78 is 5.98. The number of aromatic nitrogens is 2. The molecule has 1 aliphatic rings. The molecule has 0 spiro atoms. The van der Waals surface area contributed by atoms with Crippen LogP contribution in [0, 0.1) is 0 Å². The van der Waals surface area contributed by atoms with Crippen molar-refractivity contribution in [3.63, 3.8) is 0 Å². The second-order valence-corrected chi connectivity index (χ2v) is 12.7. The monoisotopic (exact) mass is 550 g/mol. The first-order valence-corrected chi connectivity index (χ1v) is 13.4. The number of hydrogen-bond donors (Lipinski definition) is 2. The summed E-state index contributed by atoms with van der Waals surface area (Å²) in [4.78, 5) is 25.8. The van der Waals surface area contributed by atoms with Gasteiger partial charge in [-0.1, -0.05) is 64.1 Å². The van der Waals surface area contributed by atoms with Gasteiger partial charge in [0.25, 0.3) is 0 Å². The number of halogens is 2. The van der Waals surface area contributed by atoms with Crippen LogP contribution < -0.4 is 5.32 Å². The number of benzene rings is 1. The van der Waals surface area contributed by atoms with Crippen molar-refractivity contribution in [1.29, 1.82) is 0 Å². The Morgan fingerprint density at radius 2 is 2.06 bits per heavy atom. The number of ether oxygens (including phenoxy) is 1. The Morgan fingerprint density at radius 1 is 1.30 bits per heavy atom. The third-order valence-electron chi connectivity index (χ3n) is 4.71. The number of morpholine rings is 1. The van der Waals surface area contributed by atoms with Gasteiger partial charge in [0.1, 0.15) is 4.75 Å². The lowest BCUT2D eigenvalue weighted by molar-refractivity contribution is -0.138. The fourth-order valence-corrected chi connectivity index (χ4v) is 6.44. The molecule has 1 aromatic carbocycles. The summed E-state index contributed by atoms with van der Waals surface area (Å²) in [6.45, 7) is 6.47. The lowest BCUT2D eigenvalue weighted by Crippen LogP contribution is -2.47. The minimum absolute atomic E-state index is 0.0988. The summed E-state index contributed by atoms with van der Waals surface area (Å²) in [6, 6.07) is 5.62. The van der Waals surface area contributed by atoms with Crippen LogP contribution in [-0.2, 0) is 20.9 Å². The number of carbonyl (C=O) groups excluding carboxylic acids is 1. The first-order chi connectivity index (χ1) is 15.6. The van der Waals surface area contributed by atoms with E-state index in [2.05, 4.69) is 20.4 Å². The van der Waals surface area contributed by atoms with Gasteiger partial charge in [-0.15, -0.1) is 10.2 Å². The number of rotatable bonds is 10. The Hall–Kier alpha value is -1.08. The molecule has 1 saturated heterocycles. The van der Waals surface area contributed by atoms with E-state index in [0.717, 1.165) is 30.4 Å². The third kappa shape index (κ3) is 8.27. The molecule has 2 aromatic rings. The lowest BCUT2D eigenvalue weighted by Gasteiger charge is -2.33. The molecule has 1 atom stereocenters. The number of carboxylic acid groups (broad SMARTS) is 1. The van der Waals surface area contributed by atoms with Gasteiger partial charge < -0.3 is 15.2 Å². The zero-order chi connectivity index (χ0) is 24.0. The van der Waals surface area contributed by atoms with E-state index < -0.39 is 10.7 Å². The molecule has 8 nitrogen and oxygen atoms in total. The highest BCUT2D eigenvalue weighted by molar-refractivity contribution is 8.04. The van der Waals surface area contributed by atoms with Crippen molar-refractivity contribution in [3.8, 4) is 0 Å². The Kier molecular flexibility index (Phi) is 9.69. The van der Waals surface area contributed by atoms with Crippen molar-refractivity contribution in [3.05, 3.63) is 33.8 Å². The topological polar surface area (TPSA) is 105 Å². The Bertz CT molecular complexity index is 992. The van der Waals surface area contributed by atoms with Crippen LogP contribution in [0.15, 0.2) is 26.9 Å². The summed E-state index contributed by atoms with van der Waals surface area (Å²) in [7, 11) is 0. The molecule has 0 saturated carbocycles. The average Bonchev–Trinajstić information content (AvgIpc) is 3.20. The van der Waals surface area contributed by atoms with Gasteiger partial charge in [-0.2, -0.15) is 0 Å². The number of amides is 1. The van der Waals surface area contributed by atoms with Gasteiger partial charge in [-0.05, 0) is 31.5 Å². The highest BCUT2D eigenvalue weighted by atomic mass is 35.5. The molecule has 1 amide bonds. The zero-order valence-corrected chi connectivity index (χ0v) is 22.0. The van der Waals surface area contributed by atoms with E-state index >= 15 is 0 Å². The fourth-order valence-electron chi connectivity index (χ4n) is 2.91. The zero-order valence-electron chi connectivity index (χ0n) is 18.0. The maximum Gasteiger partial charge on any atom is 0.319 e. The SMILES string of the molecule is CC(C)(Sc1nnc(SCC(=O)NC[C@H]2CN(Cc3ccc(Cl)c(Cl)c3)CCO2)s1)C(=O)O. The van der Waals surface area contributed by atoms with Gasteiger partial charge in [0.2, 0.25) is 5.91 Å². The van der Waals surface area contributed by atoms with E-state index in [-0.39, 0.29) is 17.8 Å². The number of carboxylic acids is 1. The number of carbonyl (C=O) groups is 2. The molecule has 0 aliphatic carbocycles. The normalized spacial score (nSPS) is 17.2. The molecule has 180 valence electrons.